The van der Waals surface area contributed by atoms with Crippen LogP contribution in [0.5, 0.6) is 0 Å². The van der Waals surface area contributed by atoms with Crippen LogP contribution in [0.2, 0.25) is 10.0 Å². The number of diazo groups is 2. The summed E-state index contributed by atoms with van der Waals surface area (Å²) in [5, 5.41) is 24.4. The van der Waals surface area contributed by atoms with Gasteiger partial charge in [-0.05, 0) is 48.5 Å². The molecule has 0 spiro atoms. The van der Waals surface area contributed by atoms with Crippen molar-refractivity contribution in [2.24, 2.45) is 0 Å². The van der Waals surface area contributed by atoms with E-state index in [1.807, 2.05) is 60.7 Å². The van der Waals surface area contributed by atoms with Gasteiger partial charge in [-0.15, -0.1) is 0 Å². The number of hydrogen-bond donors (Lipinski definition) is 2. The number of hydrogen-bond acceptors (Lipinski definition) is 8. The van der Waals surface area contributed by atoms with Gasteiger partial charge >= 0.3 is 11.4 Å². The molecule has 188 valence electrons. The van der Waals surface area contributed by atoms with E-state index >= 15 is 0 Å². The molecule has 0 aliphatic rings. The first-order valence-electron chi connectivity index (χ1n) is 10.2. The Kier molecular flexibility index (Phi) is 11.3. The van der Waals surface area contributed by atoms with Crippen LogP contribution in [0.4, 0.5) is 34.1 Å². The highest BCUT2D eigenvalue weighted by atomic mass is 35.5. The maximum Gasteiger partial charge on any atom is 0.403 e. The summed E-state index contributed by atoms with van der Waals surface area (Å²) in [5.41, 5.74) is 4.38. The van der Waals surface area contributed by atoms with Crippen LogP contribution in [0.25, 0.3) is 9.95 Å². The van der Waals surface area contributed by atoms with Crippen LogP contribution in [0, 0.1) is 10.8 Å². The van der Waals surface area contributed by atoms with Crippen LogP contribution in [-0.2, 0) is 10.4 Å². The molecule has 0 heterocycles. The topological polar surface area (TPSA) is 161 Å². The average molecular weight is 557 g/mol. The first kappa shape index (κ1) is 29.0. The monoisotopic (exact) mass is 556 g/mol. The molecule has 13 heteroatoms. The number of halogens is 2. The third-order valence-electron chi connectivity index (χ3n) is 4.24. The van der Waals surface area contributed by atoms with Crippen molar-refractivity contribution in [2.45, 2.75) is 0 Å². The van der Waals surface area contributed by atoms with Gasteiger partial charge in [0.2, 0.25) is 10.8 Å². The highest BCUT2D eigenvalue weighted by Gasteiger charge is 2.12. The minimum Gasteiger partial charge on any atom is -0.759 e. The Morgan fingerprint density at radius 2 is 0.919 bits per heavy atom. The fourth-order valence-corrected chi connectivity index (χ4v) is 3.14. The number of rotatable bonds is 4. The smallest absolute Gasteiger partial charge is 0.403 e. The molecular formula is C24H18Cl2N6O4S. The van der Waals surface area contributed by atoms with Crippen molar-refractivity contribution in [3.63, 3.8) is 0 Å². The van der Waals surface area contributed by atoms with Gasteiger partial charge in [-0.25, -0.2) is 0 Å². The van der Waals surface area contributed by atoms with Crippen molar-refractivity contribution in [1.82, 2.24) is 0 Å². The fourth-order valence-electron chi connectivity index (χ4n) is 2.71. The van der Waals surface area contributed by atoms with E-state index in [0.29, 0.717) is 21.4 Å². The van der Waals surface area contributed by atoms with Gasteiger partial charge in [-0.3, -0.25) is 8.42 Å². The largest absolute Gasteiger partial charge is 0.759 e. The number of anilines is 4. The van der Waals surface area contributed by atoms with Crippen LogP contribution in [0.3, 0.4) is 0 Å². The van der Waals surface area contributed by atoms with Gasteiger partial charge in [0, 0.05) is 45.3 Å². The van der Waals surface area contributed by atoms with Crippen LogP contribution in [0.1, 0.15) is 0 Å². The van der Waals surface area contributed by atoms with Gasteiger partial charge in [-0.2, -0.15) is 0 Å². The lowest BCUT2D eigenvalue weighted by Crippen LogP contribution is -1.91. The molecule has 37 heavy (non-hydrogen) atoms. The Balaban J connectivity index is 0.000000221. The minimum absolute atomic E-state index is 0.361. The summed E-state index contributed by atoms with van der Waals surface area (Å²) in [6, 6.07) is 29.8. The third kappa shape index (κ3) is 11.4. The summed E-state index contributed by atoms with van der Waals surface area (Å²) in [5.74, 6) is 0. The van der Waals surface area contributed by atoms with E-state index in [9.17, 15) is 0 Å². The van der Waals surface area contributed by atoms with Crippen LogP contribution < -0.4 is 10.6 Å². The average Bonchev–Trinajstić information content (AvgIpc) is 2.85. The zero-order chi connectivity index (χ0) is 27.3. The highest BCUT2D eigenvalue weighted by Crippen LogP contribution is 2.30. The summed E-state index contributed by atoms with van der Waals surface area (Å²) in [4.78, 5) is 6.12. The van der Waals surface area contributed by atoms with E-state index in [2.05, 4.69) is 20.6 Å². The Labute approximate surface area is 223 Å². The summed E-state index contributed by atoms with van der Waals surface area (Å²) in [6.07, 6.45) is 0. The Hall–Kier alpha value is -4.23. The maximum absolute atomic E-state index is 8.62. The summed E-state index contributed by atoms with van der Waals surface area (Å²) >= 11 is 11.8. The number of nitrogens with zero attached hydrogens (tertiary/aromatic N) is 4. The normalized spacial score (nSPS) is 9.78. The summed E-state index contributed by atoms with van der Waals surface area (Å²) in [7, 11) is -5.17. The standard InChI is InChI=1S/2C12H9ClN3.H2O4S/c2*13-11-8-10(6-7-12(11)16-14)15-9-4-2-1-3-5-9;1-5(2,3)4/h2*1-8,15H;(H2,1,2,3,4)/q2*+1;/p-2. The molecule has 0 bridgehead atoms. The predicted molar refractivity (Wildman–Crippen MR) is 142 cm³/mol. The number of para-hydroxylation sites is 2. The minimum atomic E-state index is -5.17. The molecule has 0 aliphatic heterocycles. The zero-order valence-electron chi connectivity index (χ0n) is 18.8. The molecule has 0 aliphatic carbocycles. The SMILES string of the molecule is N#[N+]c1ccc(Nc2ccccc2)cc1Cl.N#[N+]c1ccc(Nc2ccccc2)cc1Cl.O=S(=O)([O-])[O-]. The molecule has 0 amide bonds. The Morgan fingerprint density at radius 1 is 0.595 bits per heavy atom. The first-order valence-corrected chi connectivity index (χ1v) is 12.3. The van der Waals surface area contributed by atoms with Crippen molar-refractivity contribution in [2.75, 3.05) is 10.6 Å². The second kappa shape index (κ2) is 14.4. The lowest BCUT2D eigenvalue weighted by molar-refractivity contribution is 0.352. The Bertz CT molecular complexity index is 1400. The molecule has 10 nitrogen and oxygen atoms in total. The van der Waals surface area contributed by atoms with Gasteiger partial charge in [-0.1, -0.05) is 59.6 Å². The van der Waals surface area contributed by atoms with E-state index in [-0.39, 0.29) is 0 Å². The van der Waals surface area contributed by atoms with Crippen molar-refractivity contribution in [3.8, 4) is 0 Å². The number of nitrogens with one attached hydrogen (secondary N) is 2. The summed E-state index contributed by atoms with van der Waals surface area (Å²) in [6.45, 7) is 0. The van der Waals surface area contributed by atoms with Crippen molar-refractivity contribution >= 4 is 67.7 Å². The molecule has 4 aromatic rings. The second-order valence-corrected chi connectivity index (χ2v) is 8.55. The maximum atomic E-state index is 8.62. The molecule has 0 aromatic heterocycles. The molecule has 0 fully saturated rings. The molecular weight excluding hydrogens is 539 g/mol. The molecule has 0 unspecified atom stereocenters. The van der Waals surface area contributed by atoms with Crippen LogP contribution in [-0.4, -0.2) is 17.5 Å². The summed E-state index contributed by atoms with van der Waals surface area (Å²) < 4.78 is 34.1. The van der Waals surface area contributed by atoms with Crippen molar-refractivity contribution in [3.05, 3.63) is 117 Å². The molecule has 2 N–H and O–H groups in total. The predicted octanol–water partition coefficient (Wildman–Crippen LogP) is 7.80. The van der Waals surface area contributed by atoms with Gasteiger partial charge in [0.25, 0.3) is 0 Å². The quantitative estimate of drug-likeness (QED) is 0.146. The highest BCUT2D eigenvalue weighted by molar-refractivity contribution is 7.79. The van der Waals surface area contributed by atoms with Crippen LogP contribution in [0.15, 0.2) is 97.1 Å². The fraction of sp³-hybridized carbons (Fsp3) is 0. The van der Waals surface area contributed by atoms with Crippen molar-refractivity contribution in [1.29, 1.82) is 10.8 Å². The van der Waals surface area contributed by atoms with Gasteiger partial charge < -0.3 is 19.7 Å². The second-order valence-electron chi connectivity index (χ2n) is 6.92. The molecule has 0 atom stereocenters. The Morgan fingerprint density at radius 3 is 1.19 bits per heavy atom. The first-order chi connectivity index (χ1) is 17.6. The molecule has 0 saturated carbocycles. The van der Waals surface area contributed by atoms with Crippen LogP contribution >= 0.6 is 23.2 Å². The molecule has 4 aromatic carbocycles. The van der Waals surface area contributed by atoms with E-state index in [1.165, 1.54) is 0 Å². The lowest BCUT2D eigenvalue weighted by atomic mass is 10.2. The lowest BCUT2D eigenvalue weighted by Gasteiger charge is -2.06. The molecule has 4 rings (SSSR count). The molecule has 0 saturated heterocycles. The van der Waals surface area contributed by atoms with Gasteiger partial charge in [0.05, 0.1) is 0 Å². The molecule has 0 radical (unpaired) electrons. The van der Waals surface area contributed by atoms with Gasteiger partial charge in [0.1, 0.15) is 10.0 Å². The van der Waals surface area contributed by atoms with E-state index < -0.39 is 10.4 Å². The van der Waals surface area contributed by atoms with Gasteiger partial charge in [0.15, 0.2) is 9.95 Å². The van der Waals surface area contributed by atoms with E-state index in [0.717, 1.165) is 22.7 Å². The third-order valence-corrected chi connectivity index (χ3v) is 4.84. The van der Waals surface area contributed by atoms with E-state index in [1.54, 1.807) is 36.4 Å². The van der Waals surface area contributed by atoms with E-state index in [4.69, 9.17) is 51.5 Å². The number of benzene rings is 4. The zero-order valence-corrected chi connectivity index (χ0v) is 21.2. The van der Waals surface area contributed by atoms with Crippen molar-refractivity contribution < 1.29 is 17.5 Å².